The molecule has 0 heterocycles. The molecule has 2 amide bonds. The summed E-state index contributed by atoms with van der Waals surface area (Å²) in [7, 11) is 0. The molecule has 2 rings (SSSR count). The summed E-state index contributed by atoms with van der Waals surface area (Å²) < 4.78 is 0. The lowest BCUT2D eigenvalue weighted by atomic mass is 10.1. The number of anilines is 2. The first-order chi connectivity index (χ1) is 12.4. The van der Waals surface area contributed by atoms with E-state index in [4.69, 9.17) is 5.11 Å². The van der Waals surface area contributed by atoms with Gasteiger partial charge in [-0.1, -0.05) is 24.3 Å². The summed E-state index contributed by atoms with van der Waals surface area (Å²) in [6, 6.07) is 12.1. The number of benzene rings is 2. The minimum Gasteiger partial charge on any atom is -0.481 e. The Hall–Kier alpha value is -3.68. The van der Waals surface area contributed by atoms with Crippen LogP contribution in [0.1, 0.15) is 33.6 Å². The monoisotopic (exact) mass is 356 g/mol. The molecule has 2 aromatic rings. The van der Waals surface area contributed by atoms with Crippen molar-refractivity contribution in [2.45, 2.75) is 12.8 Å². The number of amides is 2. The highest BCUT2D eigenvalue weighted by Gasteiger charge is 2.16. The van der Waals surface area contributed by atoms with E-state index in [0.717, 1.165) is 0 Å². The molecule has 0 saturated heterocycles. The quantitative estimate of drug-likeness (QED) is 0.602. The van der Waals surface area contributed by atoms with Crippen molar-refractivity contribution in [2.24, 2.45) is 0 Å². The average Bonchev–Trinajstić information content (AvgIpc) is 2.60. The largest absolute Gasteiger partial charge is 0.481 e. The van der Waals surface area contributed by atoms with Gasteiger partial charge in [-0.2, -0.15) is 0 Å². The van der Waals surface area contributed by atoms with Gasteiger partial charge in [0.15, 0.2) is 0 Å². The standard InChI is InChI=1S/C18H16N2O6/c21-15(9-10-16(22)23)19-13-7-3-1-5-11(13)17(24)20-14-8-4-2-6-12(14)18(25)26/h1-8H,9-10H2,(H,19,21)(H,20,24)(H,22,23)(H,25,26). The smallest absolute Gasteiger partial charge is 0.337 e. The van der Waals surface area contributed by atoms with Crippen LogP contribution >= 0.6 is 0 Å². The summed E-state index contributed by atoms with van der Waals surface area (Å²) in [6.45, 7) is 0. The number of carboxylic acids is 2. The SMILES string of the molecule is O=C(O)CCC(=O)Nc1ccccc1C(=O)Nc1ccccc1C(=O)O. The number of hydrogen-bond donors (Lipinski definition) is 4. The van der Waals surface area contributed by atoms with Crippen LogP contribution in [0.5, 0.6) is 0 Å². The first kappa shape index (κ1) is 18.7. The molecule has 0 fully saturated rings. The van der Waals surface area contributed by atoms with Crippen molar-refractivity contribution in [1.82, 2.24) is 0 Å². The number of aromatic carboxylic acids is 1. The first-order valence-corrected chi connectivity index (χ1v) is 7.63. The average molecular weight is 356 g/mol. The van der Waals surface area contributed by atoms with Gasteiger partial charge in [-0.3, -0.25) is 14.4 Å². The number of aliphatic carboxylic acids is 1. The molecule has 0 aliphatic carbocycles. The highest BCUT2D eigenvalue weighted by atomic mass is 16.4. The van der Waals surface area contributed by atoms with Crippen molar-refractivity contribution in [1.29, 1.82) is 0 Å². The van der Waals surface area contributed by atoms with Gasteiger partial charge in [0.25, 0.3) is 5.91 Å². The van der Waals surface area contributed by atoms with Crippen LogP contribution in [-0.2, 0) is 9.59 Å². The molecule has 2 aromatic carbocycles. The van der Waals surface area contributed by atoms with Gasteiger partial charge >= 0.3 is 11.9 Å². The fraction of sp³-hybridized carbons (Fsp3) is 0.111. The molecule has 8 nitrogen and oxygen atoms in total. The van der Waals surface area contributed by atoms with Gasteiger partial charge in [-0.25, -0.2) is 4.79 Å². The fourth-order valence-electron chi connectivity index (χ4n) is 2.19. The Bertz CT molecular complexity index is 862. The first-order valence-electron chi connectivity index (χ1n) is 7.63. The van der Waals surface area contributed by atoms with Crippen LogP contribution in [0.15, 0.2) is 48.5 Å². The van der Waals surface area contributed by atoms with Crippen LogP contribution in [0.2, 0.25) is 0 Å². The zero-order valence-electron chi connectivity index (χ0n) is 13.6. The molecule has 0 atom stereocenters. The molecule has 134 valence electrons. The van der Waals surface area contributed by atoms with E-state index in [1.54, 1.807) is 18.2 Å². The lowest BCUT2D eigenvalue weighted by Gasteiger charge is -2.12. The Morgan fingerprint density at radius 1 is 0.731 bits per heavy atom. The number of hydrogen-bond acceptors (Lipinski definition) is 4. The normalized spacial score (nSPS) is 10.0. The summed E-state index contributed by atoms with van der Waals surface area (Å²) in [5.41, 5.74) is 0.380. The van der Waals surface area contributed by atoms with E-state index in [1.807, 2.05) is 0 Å². The van der Waals surface area contributed by atoms with Gasteiger partial charge in [0.05, 0.1) is 28.9 Å². The van der Waals surface area contributed by atoms with Gasteiger partial charge < -0.3 is 20.8 Å². The Morgan fingerprint density at radius 2 is 1.27 bits per heavy atom. The fourth-order valence-corrected chi connectivity index (χ4v) is 2.19. The highest BCUT2D eigenvalue weighted by molar-refractivity contribution is 6.12. The number of nitrogens with one attached hydrogen (secondary N) is 2. The Labute approximate surface area is 148 Å². The van der Waals surface area contributed by atoms with Gasteiger partial charge in [0.1, 0.15) is 0 Å². The maximum absolute atomic E-state index is 12.5. The summed E-state index contributed by atoms with van der Waals surface area (Å²) >= 11 is 0. The van der Waals surface area contributed by atoms with Gasteiger partial charge in [-0.05, 0) is 24.3 Å². The second kappa shape index (κ2) is 8.43. The van der Waals surface area contributed by atoms with E-state index >= 15 is 0 Å². The molecule has 0 spiro atoms. The Balaban J connectivity index is 2.19. The molecule has 0 radical (unpaired) electrons. The van der Waals surface area contributed by atoms with Crippen LogP contribution in [0.4, 0.5) is 11.4 Å². The number of carbonyl (C=O) groups excluding carboxylic acids is 2. The van der Waals surface area contributed by atoms with E-state index in [0.29, 0.717) is 0 Å². The molecular weight excluding hydrogens is 340 g/mol. The molecule has 8 heteroatoms. The molecule has 0 aliphatic rings. The second-order valence-corrected chi connectivity index (χ2v) is 5.29. The minimum absolute atomic E-state index is 0.0659. The lowest BCUT2D eigenvalue weighted by Crippen LogP contribution is -2.19. The molecule has 26 heavy (non-hydrogen) atoms. The van der Waals surface area contributed by atoms with E-state index in [9.17, 15) is 24.3 Å². The van der Waals surface area contributed by atoms with Crippen molar-refractivity contribution in [3.05, 3.63) is 59.7 Å². The predicted molar refractivity (Wildman–Crippen MR) is 93.3 cm³/mol. The maximum Gasteiger partial charge on any atom is 0.337 e. The van der Waals surface area contributed by atoms with Crippen LogP contribution in [0.25, 0.3) is 0 Å². The van der Waals surface area contributed by atoms with E-state index in [2.05, 4.69) is 10.6 Å². The van der Waals surface area contributed by atoms with Gasteiger partial charge in [0.2, 0.25) is 5.91 Å². The summed E-state index contributed by atoms with van der Waals surface area (Å²) in [6.07, 6.45) is -0.556. The summed E-state index contributed by atoms with van der Waals surface area (Å²) in [4.78, 5) is 46.1. The van der Waals surface area contributed by atoms with Gasteiger partial charge in [0, 0.05) is 6.42 Å². The van der Waals surface area contributed by atoms with Gasteiger partial charge in [-0.15, -0.1) is 0 Å². The van der Waals surface area contributed by atoms with E-state index in [-0.39, 0.29) is 35.3 Å². The molecule has 0 aromatic heterocycles. The van der Waals surface area contributed by atoms with Crippen molar-refractivity contribution in [2.75, 3.05) is 10.6 Å². The zero-order chi connectivity index (χ0) is 19.1. The topological polar surface area (TPSA) is 133 Å². The molecule has 4 N–H and O–H groups in total. The third-order valence-electron chi connectivity index (χ3n) is 3.42. The Morgan fingerprint density at radius 3 is 1.85 bits per heavy atom. The lowest BCUT2D eigenvalue weighted by molar-refractivity contribution is -0.138. The molecule has 0 saturated carbocycles. The predicted octanol–water partition coefficient (Wildman–Crippen LogP) is 2.44. The third-order valence-corrected chi connectivity index (χ3v) is 3.42. The number of carboxylic acid groups (broad SMARTS) is 2. The molecular formula is C18H16N2O6. The van der Waals surface area contributed by atoms with Crippen molar-refractivity contribution in [3.63, 3.8) is 0 Å². The Kier molecular flexibility index (Phi) is 6.05. The van der Waals surface area contributed by atoms with E-state index in [1.165, 1.54) is 30.3 Å². The minimum atomic E-state index is -1.18. The summed E-state index contributed by atoms with van der Waals surface area (Å²) in [5.74, 6) is -3.43. The van der Waals surface area contributed by atoms with Crippen molar-refractivity contribution >= 4 is 35.1 Å². The number of carbonyl (C=O) groups is 4. The number of rotatable bonds is 7. The third kappa shape index (κ3) is 4.91. The molecule has 0 bridgehead atoms. The van der Waals surface area contributed by atoms with Crippen LogP contribution in [-0.4, -0.2) is 34.0 Å². The van der Waals surface area contributed by atoms with Crippen LogP contribution in [0, 0.1) is 0 Å². The number of para-hydroxylation sites is 2. The van der Waals surface area contributed by atoms with E-state index < -0.39 is 23.8 Å². The van der Waals surface area contributed by atoms with Crippen molar-refractivity contribution in [3.8, 4) is 0 Å². The zero-order valence-corrected chi connectivity index (χ0v) is 13.6. The second-order valence-electron chi connectivity index (χ2n) is 5.29. The maximum atomic E-state index is 12.5. The van der Waals surface area contributed by atoms with Crippen LogP contribution in [0.3, 0.4) is 0 Å². The molecule has 0 aliphatic heterocycles. The van der Waals surface area contributed by atoms with Crippen molar-refractivity contribution < 1.29 is 29.4 Å². The summed E-state index contributed by atoms with van der Waals surface area (Å²) in [5, 5.41) is 22.8. The highest BCUT2D eigenvalue weighted by Crippen LogP contribution is 2.20. The van der Waals surface area contributed by atoms with Crippen LogP contribution < -0.4 is 10.6 Å². The molecule has 0 unspecified atom stereocenters.